The van der Waals surface area contributed by atoms with Crippen molar-refractivity contribution in [3.05, 3.63) is 24.0 Å². The number of esters is 1. The van der Waals surface area contributed by atoms with Crippen LogP contribution in [0.1, 0.15) is 435 Å². The Morgan fingerprint density at radius 1 is 0.480 bits per heavy atom. The van der Waals surface area contributed by atoms with Crippen molar-refractivity contribution in [2.24, 2.45) is 101 Å². The highest BCUT2D eigenvalue weighted by Crippen LogP contribution is 2.58. The summed E-state index contributed by atoms with van der Waals surface area (Å²) in [5.74, 6) is 17.5. The summed E-state index contributed by atoms with van der Waals surface area (Å²) in [6, 6.07) is 0. The second kappa shape index (κ2) is 63.7. The van der Waals surface area contributed by atoms with Crippen LogP contribution in [0, 0.1) is 101 Å². The highest BCUT2D eigenvalue weighted by atomic mass is 16.6. The highest BCUT2D eigenvalue weighted by molar-refractivity contribution is 5.66. The molecule has 18 atom stereocenters. The van der Waals surface area contributed by atoms with Crippen molar-refractivity contribution < 1.29 is 37.5 Å². The monoisotopic (exact) mass is 1420 g/mol. The molecule has 18 unspecified atom stereocenters. The molecule has 7 nitrogen and oxygen atoms in total. The zero-order chi connectivity index (χ0) is 77.6. The molecule has 9 fully saturated rings. The fraction of sp³-hybridized carbons (Fsp3) is 0.946. The highest BCUT2D eigenvalue weighted by Gasteiger charge is 2.49. The van der Waals surface area contributed by atoms with Crippen LogP contribution in [0.2, 0.25) is 0 Å². The van der Waals surface area contributed by atoms with Gasteiger partial charge in [-0.3, -0.25) is 4.79 Å². The fourth-order valence-corrected chi connectivity index (χ4v) is 15.2. The van der Waals surface area contributed by atoms with E-state index in [1.54, 1.807) is 58.8 Å². The van der Waals surface area contributed by atoms with Crippen molar-refractivity contribution in [1.29, 1.82) is 0 Å². The molecule has 0 amide bonds. The van der Waals surface area contributed by atoms with Gasteiger partial charge < -0.3 is 29.9 Å². The van der Waals surface area contributed by atoms with Gasteiger partial charge >= 0.3 is 5.97 Å². The van der Waals surface area contributed by atoms with Crippen LogP contribution in [0.3, 0.4) is 0 Å². The van der Waals surface area contributed by atoms with E-state index in [1.165, 1.54) is 185 Å². The van der Waals surface area contributed by atoms with Crippen LogP contribution in [0.5, 0.6) is 0 Å². The number of carbonyl (C=O) groups is 1. The van der Waals surface area contributed by atoms with Gasteiger partial charge in [0.2, 0.25) is 0 Å². The Bertz CT molecular complexity index is 1750. The predicted molar refractivity (Wildman–Crippen MR) is 450 cm³/mol. The van der Waals surface area contributed by atoms with Gasteiger partial charge in [0.15, 0.2) is 0 Å². The lowest BCUT2D eigenvalue weighted by Gasteiger charge is -2.25. The number of aliphatic hydroxyl groups excluding tert-OH is 3. The third kappa shape index (κ3) is 51.8. The first-order valence-electron chi connectivity index (χ1n) is 44.1. The Morgan fingerprint density at radius 2 is 0.810 bits per heavy atom. The fourth-order valence-electron chi connectivity index (χ4n) is 15.2. The summed E-state index contributed by atoms with van der Waals surface area (Å²) in [5.41, 5.74) is 0.274. The van der Waals surface area contributed by atoms with Crippen molar-refractivity contribution in [3.63, 3.8) is 0 Å². The molecule has 8 saturated carbocycles. The largest absolute Gasteiger partial charge is 0.516 e. The zero-order valence-corrected chi connectivity index (χ0v) is 73.6. The average molecular weight is 1420 g/mol. The molecule has 1 saturated heterocycles. The zero-order valence-electron chi connectivity index (χ0n) is 73.6. The third-order valence-corrected chi connectivity index (χ3v) is 25.8. The van der Waals surface area contributed by atoms with Gasteiger partial charge in [-0.2, -0.15) is 0 Å². The maximum Gasteiger partial charge on any atom is 0.303 e. The molecule has 0 radical (unpaired) electrons. The first-order valence-corrected chi connectivity index (χ1v) is 44.1. The van der Waals surface area contributed by atoms with E-state index >= 15 is 0 Å². The standard InChI is InChI=1S/C10H16.C10H22.C9H16.C8H16O2.C8H14O.2C8H16.C8H14.C6H14O.C6H14.C4H10O2.C4H8O.2C2H6.2H2/c1-2-9-7-4-5-8(6-7)10(9)3-1;1-3-5-7-9-10-8-6-4-2;1-6-7(2)9-4-3-8(6)5-9;1-5-8(4,6-2)10-7(3)9;1-5-3-7-8(9-7)4-6(5)2;1-7-3-5-8(2)6-4-7;2*1-7-5-3-4-6-8(7)2;1-4-6(3,7)5-2;1-4-6(3)5-2;1-3(5)4(2)6;1-4(2)3-5;2*1-2;;/h7-10H,1-6H2;3-10H2,1-2H3;6-9H,3-5H2,1-2H3;5-6H2,1-4H3;5-8H,3-4H2,1-2H3;2*7-8H,3-6H2,1-2H3;3-4,7-8H,5-6H2,1-2H3;7H,4-5H2,1-3H3;6H,4-5H2,1-3H3;3-6H,1-2H3;3,5H,1-2H3;2*1-2H3;2*1H. The lowest BCUT2D eigenvalue weighted by molar-refractivity contribution is -0.155. The first kappa shape index (κ1) is 105. The quantitative estimate of drug-likeness (QED) is 0.0424. The SMILES string of the molecule is C1CC2C3CCC(C3)C2C1.CC.CC.CC(C)=CO.CC(O)C(C)O.CC1C2CCC(C2)C1C.CC1CC2OC2CC1C.CC1CC=CCC1C.CC1CCC(C)CC1.CC1CCCCC1C.CCC(C)(CC)OC(C)=O.CCC(C)(O)CC.CCC(C)CC.CCCCCCCCCC.[HH].[HH]. The molecule has 10 rings (SSSR count). The summed E-state index contributed by atoms with van der Waals surface area (Å²) >= 11 is 0. The molecule has 0 aromatic rings. The van der Waals surface area contributed by atoms with Crippen LogP contribution in [-0.4, -0.2) is 62.0 Å². The Balaban J connectivity index is -0.000000246. The molecule has 100 heavy (non-hydrogen) atoms. The van der Waals surface area contributed by atoms with E-state index < -0.39 is 17.8 Å². The van der Waals surface area contributed by atoms with Gasteiger partial charge in [0.05, 0.1) is 36.3 Å². The number of hydrogen-bond donors (Lipinski definition) is 4. The maximum absolute atomic E-state index is 10.6. The van der Waals surface area contributed by atoms with Gasteiger partial charge in [-0.15, -0.1) is 0 Å². The van der Waals surface area contributed by atoms with E-state index in [9.17, 15) is 4.79 Å². The van der Waals surface area contributed by atoms with Crippen molar-refractivity contribution >= 4 is 5.97 Å². The number of carbonyl (C=O) groups excluding carboxylic acids is 1. The summed E-state index contributed by atoms with van der Waals surface area (Å²) < 4.78 is 10.5. The number of rotatable bonds is 15. The van der Waals surface area contributed by atoms with E-state index in [0.717, 1.165) is 114 Å². The van der Waals surface area contributed by atoms with Crippen molar-refractivity contribution in [1.82, 2.24) is 0 Å². The van der Waals surface area contributed by atoms with Gasteiger partial charge in [-0.1, -0.05) is 293 Å². The van der Waals surface area contributed by atoms with Crippen molar-refractivity contribution in [2.45, 2.75) is 468 Å². The van der Waals surface area contributed by atoms with Crippen molar-refractivity contribution in [3.8, 4) is 0 Å². The second-order valence-corrected chi connectivity index (χ2v) is 34.5. The summed E-state index contributed by atoms with van der Waals surface area (Å²) in [7, 11) is 0. The van der Waals surface area contributed by atoms with Crippen LogP contribution < -0.4 is 0 Å². The third-order valence-electron chi connectivity index (χ3n) is 25.8. The Kier molecular flexibility index (Phi) is 66.8. The smallest absolute Gasteiger partial charge is 0.303 e. The number of hydrogen-bond acceptors (Lipinski definition) is 7. The van der Waals surface area contributed by atoms with Crippen LogP contribution in [0.25, 0.3) is 0 Å². The molecule has 1 aliphatic heterocycles. The van der Waals surface area contributed by atoms with E-state index in [-0.39, 0.29) is 14.4 Å². The average Bonchev–Trinajstić information content (AvgIpc) is 1.63. The van der Waals surface area contributed by atoms with E-state index in [0.29, 0.717) is 12.2 Å². The molecular weight excluding hydrogens is 1230 g/mol. The first-order chi connectivity index (χ1) is 47.2. The summed E-state index contributed by atoms with van der Waals surface area (Å²) in [4.78, 5) is 10.6. The van der Waals surface area contributed by atoms with Gasteiger partial charge in [-0.05, 0) is 250 Å². The second-order valence-electron chi connectivity index (χ2n) is 34.5. The molecule has 10 aliphatic rings. The lowest BCUT2D eigenvalue weighted by Crippen LogP contribution is -2.28. The normalized spacial score (nSPS) is 30.6. The lowest BCUT2D eigenvalue weighted by atomic mass is 9.82. The molecule has 0 aromatic heterocycles. The number of unbranched alkanes of at least 4 members (excludes halogenated alkanes) is 7. The molecule has 4 N–H and O–H groups in total. The summed E-state index contributed by atoms with van der Waals surface area (Å²) in [6.07, 6.45) is 54.6. The Morgan fingerprint density at radius 3 is 1.03 bits per heavy atom. The number of allylic oxidation sites excluding steroid dienone is 3. The molecule has 7 heteroatoms. The molecule has 0 spiro atoms. The summed E-state index contributed by atoms with van der Waals surface area (Å²) in [5, 5.41) is 33.9. The molecule has 4 bridgehead atoms. The van der Waals surface area contributed by atoms with E-state index in [1.807, 2.05) is 83.1 Å². The van der Waals surface area contributed by atoms with Gasteiger partial charge in [-0.25, -0.2) is 0 Å². The Labute approximate surface area is 632 Å². The van der Waals surface area contributed by atoms with Crippen LogP contribution in [-0.2, 0) is 14.3 Å². The topological polar surface area (TPSA) is 120 Å². The Hall–Kier alpha value is -1.41. The minimum atomic E-state index is -0.593. The minimum Gasteiger partial charge on any atom is -0.516 e. The molecular formula is C93H192O7. The van der Waals surface area contributed by atoms with E-state index in [2.05, 4.69) is 116 Å². The maximum atomic E-state index is 10.6. The molecule has 1 heterocycles. The van der Waals surface area contributed by atoms with Crippen LogP contribution in [0.15, 0.2) is 24.0 Å². The number of aliphatic hydroxyl groups is 4. The predicted octanol–water partition coefficient (Wildman–Crippen LogP) is 29.7. The molecule has 606 valence electrons. The molecule has 0 aromatic carbocycles. The molecule has 9 aliphatic carbocycles. The van der Waals surface area contributed by atoms with E-state index in [4.69, 9.17) is 29.9 Å². The van der Waals surface area contributed by atoms with Gasteiger partial charge in [0, 0.05) is 9.78 Å². The summed E-state index contributed by atoms with van der Waals surface area (Å²) in [6.45, 7) is 63.0. The van der Waals surface area contributed by atoms with Crippen molar-refractivity contribution in [2.75, 3.05) is 0 Å². The van der Waals surface area contributed by atoms with Gasteiger partial charge in [0.25, 0.3) is 0 Å². The minimum absolute atomic E-state index is 0. The van der Waals surface area contributed by atoms with Gasteiger partial charge in [0.1, 0.15) is 5.60 Å². The number of ether oxygens (including phenoxy) is 2. The van der Waals surface area contributed by atoms with Crippen LogP contribution in [0.4, 0.5) is 0 Å². The number of fused-ring (bicyclic) bond motifs is 8. The number of epoxide rings is 1. The van der Waals surface area contributed by atoms with Crippen LogP contribution >= 0.6 is 0 Å².